The molecule has 1 aliphatic rings. The summed E-state index contributed by atoms with van der Waals surface area (Å²) < 4.78 is -0.878. The molecule has 58 heavy (non-hydrogen) atoms. The maximum Gasteiger partial charge on any atom is 0.254 e. The normalized spacial score (nSPS) is 17.9. The number of rotatable bonds is 23. The Kier molecular flexibility index (Phi) is 20.0. The van der Waals surface area contributed by atoms with Gasteiger partial charge >= 0.3 is 0 Å². The first-order chi connectivity index (χ1) is 27.1. The molecule has 1 aromatic rings. The SMILES string of the molecule is CSCC[C@H](NC(=O)[C@H](CC(C)C)NC(=O)[C@H]1N(C(=O)[C@@H](O)[C@H](Cc2ccccc2)NC(=O)[C@@H](NC(=O)[C@H](CCC(N)=O)NC(C)=O)C(C)C)CSC1(C)C)C(N)=O. The maximum atomic E-state index is 14.3. The van der Waals surface area contributed by atoms with Crippen molar-refractivity contribution in [3.63, 3.8) is 0 Å². The molecule has 0 saturated carbocycles. The second-order valence-corrected chi connectivity index (χ2v) is 18.3. The average molecular weight is 851 g/mol. The van der Waals surface area contributed by atoms with Crippen molar-refractivity contribution in [2.45, 2.75) is 128 Å². The van der Waals surface area contributed by atoms with Crippen LogP contribution < -0.4 is 38.1 Å². The van der Waals surface area contributed by atoms with Gasteiger partial charge in [-0.05, 0) is 68.9 Å². The van der Waals surface area contributed by atoms with E-state index >= 15 is 0 Å². The lowest BCUT2D eigenvalue weighted by Crippen LogP contribution is -2.62. The number of primary amides is 2. The van der Waals surface area contributed by atoms with Crippen molar-refractivity contribution < 1.29 is 43.5 Å². The van der Waals surface area contributed by atoms with Gasteiger partial charge in [0.05, 0.1) is 11.9 Å². The van der Waals surface area contributed by atoms with Crippen molar-refractivity contribution in [3.05, 3.63) is 35.9 Å². The van der Waals surface area contributed by atoms with Gasteiger partial charge in [0.1, 0.15) is 30.2 Å². The van der Waals surface area contributed by atoms with Gasteiger partial charge in [-0.2, -0.15) is 11.8 Å². The largest absolute Gasteiger partial charge is 0.381 e. The second kappa shape index (κ2) is 23.3. The number of amides is 8. The van der Waals surface area contributed by atoms with E-state index in [1.807, 2.05) is 20.1 Å². The number of aliphatic hydroxyl groups excluding tert-OH is 1. The molecule has 19 heteroatoms. The zero-order valence-electron chi connectivity index (χ0n) is 34.7. The van der Waals surface area contributed by atoms with E-state index < -0.39 is 100 Å². The van der Waals surface area contributed by atoms with Gasteiger partial charge < -0.3 is 48.1 Å². The first kappa shape index (κ1) is 49.8. The lowest BCUT2D eigenvalue weighted by molar-refractivity contribution is -0.148. The Morgan fingerprint density at radius 1 is 0.862 bits per heavy atom. The topological polar surface area (TPSA) is 272 Å². The average Bonchev–Trinajstić information content (AvgIpc) is 3.46. The highest BCUT2D eigenvalue weighted by Gasteiger charge is 2.50. The van der Waals surface area contributed by atoms with Crippen LogP contribution in [0.15, 0.2) is 30.3 Å². The summed E-state index contributed by atoms with van der Waals surface area (Å²) in [6, 6.07) is 2.02. The van der Waals surface area contributed by atoms with Gasteiger partial charge in [0, 0.05) is 18.1 Å². The summed E-state index contributed by atoms with van der Waals surface area (Å²) in [6.45, 7) is 11.8. The zero-order chi connectivity index (χ0) is 43.9. The van der Waals surface area contributed by atoms with Gasteiger partial charge in [-0.1, -0.05) is 58.0 Å². The molecule has 7 atom stereocenters. The van der Waals surface area contributed by atoms with Crippen LogP contribution in [0.3, 0.4) is 0 Å². The van der Waals surface area contributed by atoms with Crippen LogP contribution >= 0.6 is 23.5 Å². The third-order valence-corrected chi connectivity index (χ3v) is 11.6. The molecule has 0 radical (unpaired) electrons. The summed E-state index contributed by atoms with van der Waals surface area (Å²) in [7, 11) is 0. The van der Waals surface area contributed by atoms with E-state index in [0.717, 1.165) is 0 Å². The van der Waals surface area contributed by atoms with Crippen molar-refractivity contribution in [1.82, 2.24) is 31.5 Å². The number of benzene rings is 1. The predicted molar refractivity (Wildman–Crippen MR) is 224 cm³/mol. The molecule has 0 spiro atoms. The Morgan fingerprint density at radius 2 is 1.48 bits per heavy atom. The van der Waals surface area contributed by atoms with Crippen LogP contribution in [0.4, 0.5) is 0 Å². The fourth-order valence-electron chi connectivity index (χ4n) is 6.47. The van der Waals surface area contributed by atoms with E-state index in [-0.39, 0.29) is 37.5 Å². The van der Waals surface area contributed by atoms with E-state index in [0.29, 0.717) is 17.7 Å². The molecule has 10 N–H and O–H groups in total. The van der Waals surface area contributed by atoms with E-state index in [1.165, 1.54) is 35.3 Å². The third-order valence-electron chi connectivity index (χ3n) is 9.57. The first-order valence-corrected chi connectivity index (χ1v) is 21.7. The number of nitrogens with one attached hydrogen (secondary N) is 5. The molecular formula is C39H62N8O9S2. The Morgan fingerprint density at radius 3 is 2.02 bits per heavy atom. The van der Waals surface area contributed by atoms with E-state index in [2.05, 4.69) is 26.6 Å². The number of carbonyl (C=O) groups is 8. The summed E-state index contributed by atoms with van der Waals surface area (Å²) >= 11 is 2.78. The molecule has 0 aliphatic carbocycles. The Hall–Kier alpha value is -4.36. The van der Waals surface area contributed by atoms with Crippen molar-refractivity contribution in [2.24, 2.45) is 23.3 Å². The van der Waals surface area contributed by atoms with Crippen LogP contribution in [-0.4, -0.2) is 122 Å². The predicted octanol–water partition coefficient (Wildman–Crippen LogP) is -0.0800. The molecule has 17 nitrogen and oxygen atoms in total. The summed E-state index contributed by atoms with van der Waals surface area (Å²) in [4.78, 5) is 106. The Labute approximate surface area is 349 Å². The quantitative estimate of drug-likeness (QED) is 0.0722. The molecular weight excluding hydrogens is 789 g/mol. The van der Waals surface area contributed by atoms with E-state index in [4.69, 9.17) is 11.5 Å². The number of hydrogen-bond donors (Lipinski definition) is 8. The molecule has 1 saturated heterocycles. The van der Waals surface area contributed by atoms with Crippen molar-refractivity contribution in [3.8, 4) is 0 Å². The molecule has 0 aromatic heterocycles. The summed E-state index contributed by atoms with van der Waals surface area (Å²) in [5.74, 6) is -5.46. The van der Waals surface area contributed by atoms with Crippen LogP contribution in [0.1, 0.15) is 79.7 Å². The standard InChI is InChI=1S/C39H62N8O9S2/c1-21(2)18-28(35(53)43-25(33(41)51)16-17-57-8)45-37(55)32-39(6,7)58-20-47(32)38(56)31(50)27(19-24-12-10-9-11-13-24)44-36(54)30(22(3)4)46-34(52)26(42-23(5)48)14-15-29(40)49/h9-13,21-22,25-28,30-32,50H,14-20H2,1-8H3,(H2,40,49)(H2,41,51)(H,42,48)(H,43,53)(H,44,54)(H,45,55)(H,46,52)/t25-,26-,27-,28-,30-,31-,32+/m0/s1. The molecule has 324 valence electrons. The Bertz CT molecular complexity index is 1610. The van der Waals surface area contributed by atoms with Crippen LogP contribution in [0, 0.1) is 11.8 Å². The highest BCUT2D eigenvalue weighted by Crippen LogP contribution is 2.40. The van der Waals surface area contributed by atoms with Crippen LogP contribution in [0.25, 0.3) is 0 Å². The van der Waals surface area contributed by atoms with E-state index in [1.54, 1.807) is 58.0 Å². The highest BCUT2D eigenvalue weighted by atomic mass is 32.2. The van der Waals surface area contributed by atoms with Gasteiger partial charge in [-0.15, -0.1) is 11.8 Å². The number of carbonyl (C=O) groups excluding carboxylic acids is 8. The first-order valence-electron chi connectivity index (χ1n) is 19.3. The van der Waals surface area contributed by atoms with Gasteiger partial charge in [0.2, 0.25) is 41.4 Å². The van der Waals surface area contributed by atoms with Gasteiger partial charge in [0.15, 0.2) is 6.10 Å². The molecule has 8 amide bonds. The fraction of sp³-hybridized carbons (Fsp3) is 0.641. The molecule has 0 bridgehead atoms. The fourth-order valence-corrected chi connectivity index (χ4v) is 8.09. The minimum atomic E-state index is -1.87. The Balaban J connectivity index is 2.42. The lowest BCUT2D eigenvalue weighted by Gasteiger charge is -2.35. The molecule has 1 aliphatic heterocycles. The zero-order valence-corrected chi connectivity index (χ0v) is 36.3. The lowest BCUT2D eigenvalue weighted by atomic mass is 9.95. The van der Waals surface area contributed by atoms with E-state index in [9.17, 15) is 43.5 Å². The monoisotopic (exact) mass is 850 g/mol. The van der Waals surface area contributed by atoms with Crippen LogP contribution in [0.5, 0.6) is 0 Å². The molecule has 0 unspecified atom stereocenters. The van der Waals surface area contributed by atoms with Crippen molar-refractivity contribution in [1.29, 1.82) is 0 Å². The molecule has 1 aromatic carbocycles. The minimum Gasteiger partial charge on any atom is -0.381 e. The summed E-state index contributed by atoms with van der Waals surface area (Å²) in [6.07, 6.45) is 0.189. The number of hydrogen-bond acceptors (Lipinski definition) is 11. The van der Waals surface area contributed by atoms with Crippen molar-refractivity contribution >= 4 is 70.8 Å². The summed E-state index contributed by atoms with van der Waals surface area (Å²) in [5, 5.41) is 25.1. The molecule has 2 rings (SSSR count). The van der Waals surface area contributed by atoms with Crippen LogP contribution in [-0.2, 0) is 44.8 Å². The number of nitrogens with two attached hydrogens (primary N) is 2. The number of nitrogens with zero attached hydrogens (tertiary/aromatic N) is 1. The minimum absolute atomic E-state index is 0.00692. The van der Waals surface area contributed by atoms with Crippen LogP contribution in [0.2, 0.25) is 0 Å². The highest BCUT2D eigenvalue weighted by molar-refractivity contribution is 8.00. The number of aliphatic hydroxyl groups is 1. The third kappa shape index (κ3) is 15.4. The number of thioether (sulfide) groups is 2. The second-order valence-electron chi connectivity index (χ2n) is 15.8. The van der Waals surface area contributed by atoms with Gasteiger partial charge in [-0.25, -0.2) is 0 Å². The van der Waals surface area contributed by atoms with Gasteiger partial charge in [-0.3, -0.25) is 38.4 Å². The maximum absolute atomic E-state index is 14.3. The van der Waals surface area contributed by atoms with Gasteiger partial charge in [0.25, 0.3) is 5.91 Å². The molecule has 1 fully saturated rings. The smallest absolute Gasteiger partial charge is 0.254 e. The van der Waals surface area contributed by atoms with Crippen molar-refractivity contribution in [2.75, 3.05) is 17.9 Å². The summed E-state index contributed by atoms with van der Waals surface area (Å²) in [5.41, 5.74) is 11.5. The molecule has 1 heterocycles.